The Labute approximate surface area is 163 Å². The van der Waals surface area contributed by atoms with Gasteiger partial charge in [-0.05, 0) is 30.0 Å². The first-order chi connectivity index (χ1) is 13.4. The van der Waals surface area contributed by atoms with Crippen LogP contribution < -0.4 is 5.32 Å². The minimum atomic E-state index is -0.793. The van der Waals surface area contributed by atoms with Crippen LogP contribution in [-0.2, 0) is 25.5 Å². The molecule has 28 heavy (non-hydrogen) atoms. The summed E-state index contributed by atoms with van der Waals surface area (Å²) < 4.78 is 5.20. The van der Waals surface area contributed by atoms with Crippen LogP contribution in [0.25, 0.3) is 5.57 Å². The molecule has 3 atom stereocenters. The van der Waals surface area contributed by atoms with Gasteiger partial charge in [0.1, 0.15) is 12.3 Å². The fraction of sp³-hybridized carbons (Fsp3) is 0.381. The van der Waals surface area contributed by atoms with Gasteiger partial charge in [0, 0.05) is 7.05 Å². The molecule has 0 radical (unpaired) electrons. The highest BCUT2D eigenvalue weighted by Gasteiger charge is 2.57. The Morgan fingerprint density at radius 2 is 2.21 bits per heavy atom. The van der Waals surface area contributed by atoms with Gasteiger partial charge in [0.15, 0.2) is 0 Å². The molecule has 2 aliphatic heterocycles. The van der Waals surface area contributed by atoms with Crippen molar-refractivity contribution in [3.63, 3.8) is 0 Å². The average Bonchev–Trinajstić information content (AvgIpc) is 3.00. The van der Waals surface area contributed by atoms with Gasteiger partial charge in [0.2, 0.25) is 11.8 Å². The molecule has 0 aromatic heterocycles. The lowest BCUT2D eigenvalue weighted by Gasteiger charge is -2.44. The second-order valence-electron chi connectivity index (χ2n) is 7.01. The number of carbonyl (C=O) groups is 3. The summed E-state index contributed by atoms with van der Waals surface area (Å²) in [5, 5.41) is 12.5. The number of nitrogens with one attached hydrogen (secondary N) is 1. The lowest BCUT2D eigenvalue weighted by atomic mass is 9.82. The lowest BCUT2D eigenvalue weighted by molar-refractivity contribution is -0.162. The number of likely N-dealkylation sites (N-methyl/N-ethyl adjacent to an activating group) is 1. The van der Waals surface area contributed by atoms with Crippen LogP contribution in [0.3, 0.4) is 0 Å². The van der Waals surface area contributed by atoms with Crippen molar-refractivity contribution in [3.05, 3.63) is 53.7 Å². The van der Waals surface area contributed by atoms with Gasteiger partial charge >= 0.3 is 5.97 Å². The molecule has 0 spiro atoms. The molecule has 2 amide bonds. The van der Waals surface area contributed by atoms with Crippen LogP contribution in [0.15, 0.2) is 42.6 Å². The van der Waals surface area contributed by atoms with E-state index in [0.29, 0.717) is 12.0 Å². The molecule has 1 aromatic rings. The van der Waals surface area contributed by atoms with Crippen LogP contribution in [-0.4, -0.2) is 53.6 Å². The van der Waals surface area contributed by atoms with Crippen molar-refractivity contribution in [3.8, 4) is 0 Å². The molecule has 2 N–H and O–H groups in total. The van der Waals surface area contributed by atoms with Gasteiger partial charge < -0.3 is 20.1 Å². The Hall–Kier alpha value is -2.93. The van der Waals surface area contributed by atoms with Gasteiger partial charge in [-0.1, -0.05) is 36.9 Å². The first kappa shape index (κ1) is 19.8. The highest BCUT2D eigenvalue weighted by molar-refractivity contribution is 6.06. The largest absolute Gasteiger partial charge is 0.457 e. The summed E-state index contributed by atoms with van der Waals surface area (Å²) in [6.45, 7) is 5.16. The number of hydrogen-bond donors (Lipinski definition) is 2. The van der Waals surface area contributed by atoms with Crippen LogP contribution in [0.5, 0.6) is 0 Å². The van der Waals surface area contributed by atoms with Crippen LogP contribution in [0.2, 0.25) is 0 Å². The number of β-lactam (4-membered cyclic amide) rings is 1. The monoisotopic (exact) mass is 384 g/mol. The first-order valence-electron chi connectivity index (χ1n) is 9.21. The summed E-state index contributed by atoms with van der Waals surface area (Å²) in [5.74, 6) is -1.52. The van der Waals surface area contributed by atoms with E-state index in [-0.39, 0.29) is 36.6 Å². The number of amides is 2. The molecule has 0 bridgehead atoms. The van der Waals surface area contributed by atoms with E-state index in [1.54, 1.807) is 14.0 Å². The molecule has 0 unspecified atom stereocenters. The highest BCUT2D eigenvalue weighted by atomic mass is 16.5. The Morgan fingerprint density at radius 1 is 1.46 bits per heavy atom. The average molecular weight is 384 g/mol. The van der Waals surface area contributed by atoms with E-state index in [1.807, 2.05) is 24.3 Å². The molecule has 7 heteroatoms. The van der Waals surface area contributed by atoms with Crippen molar-refractivity contribution in [2.24, 2.45) is 5.92 Å². The number of nitrogens with zero attached hydrogens (tertiary/aromatic N) is 1. The van der Waals surface area contributed by atoms with Crippen LogP contribution >= 0.6 is 0 Å². The molecule has 7 nitrogen and oxygen atoms in total. The van der Waals surface area contributed by atoms with E-state index in [9.17, 15) is 19.5 Å². The van der Waals surface area contributed by atoms with Crippen molar-refractivity contribution < 1.29 is 24.2 Å². The van der Waals surface area contributed by atoms with Crippen molar-refractivity contribution in [1.29, 1.82) is 0 Å². The Bertz CT molecular complexity index is 858. The van der Waals surface area contributed by atoms with Crippen molar-refractivity contribution >= 4 is 23.4 Å². The second kappa shape index (κ2) is 7.98. The van der Waals surface area contributed by atoms with E-state index in [1.165, 1.54) is 11.0 Å². The van der Waals surface area contributed by atoms with Gasteiger partial charge in [0.25, 0.3) is 0 Å². The zero-order chi connectivity index (χ0) is 20.4. The summed E-state index contributed by atoms with van der Waals surface area (Å²) in [6.07, 6.45) is 1.34. The summed E-state index contributed by atoms with van der Waals surface area (Å²) in [6, 6.07) is 7.08. The zero-order valence-electron chi connectivity index (χ0n) is 16.0. The quantitative estimate of drug-likeness (QED) is 0.416. The highest BCUT2D eigenvalue weighted by Crippen LogP contribution is 2.47. The van der Waals surface area contributed by atoms with Gasteiger partial charge in [-0.3, -0.25) is 9.59 Å². The molecule has 2 aliphatic rings. The molecule has 2 heterocycles. The minimum Gasteiger partial charge on any atom is -0.457 e. The van der Waals surface area contributed by atoms with Crippen LogP contribution in [0.1, 0.15) is 24.5 Å². The van der Waals surface area contributed by atoms with Gasteiger partial charge in [-0.25, -0.2) is 4.79 Å². The first-order valence-corrected chi connectivity index (χ1v) is 9.21. The van der Waals surface area contributed by atoms with Crippen molar-refractivity contribution in [2.75, 3.05) is 13.7 Å². The molecule has 148 valence electrons. The smallest absolute Gasteiger partial charge is 0.355 e. The number of aliphatic hydroxyl groups excluding tert-OH is 1. The maximum atomic E-state index is 12.7. The number of benzene rings is 1. The number of aliphatic hydroxyl groups is 1. The van der Waals surface area contributed by atoms with E-state index in [4.69, 9.17) is 4.74 Å². The standard InChI is InChI=1S/C21H24N2O5/c1-4-8-28-21(27)19-15(11-16-18(12(2)24)20(26)23(16)19)14-7-5-6-13(9-14)10-17(25)22-3/h4-7,9,12,16,18,24H,1,8,10-11H2,2-3H3,(H,22,25)/t12-,16-,18-/m1/s1. The maximum Gasteiger partial charge on any atom is 0.355 e. The molecular formula is C21H24N2O5. The summed E-state index contributed by atoms with van der Waals surface area (Å²) in [5.41, 5.74) is 2.47. The van der Waals surface area contributed by atoms with E-state index < -0.39 is 18.0 Å². The predicted octanol–water partition coefficient (Wildman–Crippen LogP) is 1.03. The van der Waals surface area contributed by atoms with Gasteiger partial charge in [-0.2, -0.15) is 0 Å². The Kier molecular flexibility index (Phi) is 5.65. The molecular weight excluding hydrogens is 360 g/mol. The van der Waals surface area contributed by atoms with Crippen molar-refractivity contribution in [2.45, 2.75) is 31.9 Å². The summed E-state index contributed by atoms with van der Waals surface area (Å²) in [7, 11) is 1.58. The van der Waals surface area contributed by atoms with Crippen LogP contribution in [0, 0.1) is 5.92 Å². The fourth-order valence-electron chi connectivity index (χ4n) is 3.86. The molecule has 1 saturated heterocycles. The number of carbonyl (C=O) groups excluding carboxylic acids is 3. The van der Waals surface area contributed by atoms with Crippen molar-refractivity contribution in [1.82, 2.24) is 10.2 Å². The van der Waals surface area contributed by atoms with Gasteiger partial charge in [0.05, 0.1) is 24.5 Å². The third-order valence-corrected chi connectivity index (χ3v) is 5.17. The summed E-state index contributed by atoms with van der Waals surface area (Å²) in [4.78, 5) is 38.3. The molecule has 0 aliphatic carbocycles. The molecule has 1 aromatic carbocycles. The number of hydrogen-bond acceptors (Lipinski definition) is 5. The van der Waals surface area contributed by atoms with Gasteiger partial charge in [-0.15, -0.1) is 0 Å². The number of rotatable bonds is 7. The molecule has 3 rings (SSSR count). The normalized spacial score (nSPS) is 21.7. The molecule has 1 fully saturated rings. The summed E-state index contributed by atoms with van der Waals surface area (Å²) >= 11 is 0. The third-order valence-electron chi connectivity index (χ3n) is 5.17. The Balaban J connectivity index is 1.98. The fourth-order valence-corrected chi connectivity index (χ4v) is 3.86. The van der Waals surface area contributed by atoms with Crippen LogP contribution in [0.4, 0.5) is 0 Å². The maximum absolute atomic E-state index is 12.7. The predicted molar refractivity (Wildman–Crippen MR) is 103 cm³/mol. The SMILES string of the molecule is C=CCOC(=O)C1=C(c2cccc(CC(=O)NC)c2)C[C@@H]2[C@@H]([C@@H](C)O)C(=O)N12. The van der Waals surface area contributed by atoms with E-state index >= 15 is 0 Å². The number of esters is 1. The number of ether oxygens (including phenoxy) is 1. The third kappa shape index (κ3) is 3.45. The number of fused-ring (bicyclic) bond motifs is 1. The lowest BCUT2D eigenvalue weighted by Crippen LogP contribution is -2.61. The topological polar surface area (TPSA) is 95.9 Å². The molecule has 0 saturated carbocycles. The zero-order valence-corrected chi connectivity index (χ0v) is 16.0. The van der Waals surface area contributed by atoms with E-state index in [2.05, 4.69) is 11.9 Å². The second-order valence-corrected chi connectivity index (χ2v) is 7.01. The Morgan fingerprint density at radius 3 is 2.86 bits per heavy atom. The minimum absolute atomic E-state index is 0.0405. The van der Waals surface area contributed by atoms with E-state index in [0.717, 1.165) is 11.1 Å².